The minimum Gasteiger partial charge on any atom is -0.380 e. The number of hydrogen-bond donors (Lipinski definition) is 2. The molecule has 5 heteroatoms. The first-order chi connectivity index (χ1) is 6.56. The van der Waals surface area contributed by atoms with Crippen LogP contribution in [0, 0.1) is 0 Å². The fraction of sp³-hybridized carbons (Fsp3) is 0.556. The Kier molecular flexibility index (Phi) is 3.38. The van der Waals surface area contributed by atoms with Gasteiger partial charge in [-0.25, -0.2) is 4.98 Å². The van der Waals surface area contributed by atoms with Crippen molar-refractivity contribution in [2.45, 2.75) is 19.4 Å². The number of rotatable bonds is 4. The summed E-state index contributed by atoms with van der Waals surface area (Å²) in [5.74, 6) is 0.221. The van der Waals surface area contributed by atoms with Gasteiger partial charge in [-0.15, -0.1) is 0 Å². The van der Waals surface area contributed by atoms with Gasteiger partial charge in [-0.2, -0.15) is 0 Å². The maximum absolute atomic E-state index is 11.0. The van der Waals surface area contributed by atoms with Crippen molar-refractivity contribution in [2.24, 2.45) is 0 Å². The lowest BCUT2D eigenvalue weighted by atomic mass is 10.1. The lowest BCUT2D eigenvalue weighted by Gasteiger charge is -2.21. The van der Waals surface area contributed by atoms with E-state index in [4.69, 9.17) is 4.74 Å². The van der Waals surface area contributed by atoms with E-state index in [2.05, 4.69) is 9.97 Å². The zero-order valence-corrected chi connectivity index (χ0v) is 8.28. The molecule has 5 nitrogen and oxygen atoms in total. The van der Waals surface area contributed by atoms with Crippen molar-refractivity contribution < 1.29 is 9.84 Å². The normalized spacial score (nSPS) is 15.1. The quantitative estimate of drug-likeness (QED) is 0.714. The summed E-state index contributed by atoms with van der Waals surface area (Å²) in [5, 5.41) is 9.88. The Labute approximate surface area is 81.8 Å². The first-order valence-electron chi connectivity index (χ1n) is 4.42. The number of hydrogen-bond acceptors (Lipinski definition) is 4. The van der Waals surface area contributed by atoms with Crippen LogP contribution in [0.15, 0.2) is 17.1 Å². The van der Waals surface area contributed by atoms with E-state index in [0.29, 0.717) is 6.61 Å². The van der Waals surface area contributed by atoms with E-state index in [9.17, 15) is 9.90 Å². The third-order valence-corrected chi connectivity index (χ3v) is 1.77. The van der Waals surface area contributed by atoms with Crippen LogP contribution in [0.4, 0.5) is 0 Å². The van der Waals surface area contributed by atoms with Gasteiger partial charge in [0.05, 0.1) is 6.61 Å². The van der Waals surface area contributed by atoms with Crippen LogP contribution in [0.1, 0.15) is 19.7 Å². The number of aliphatic hydroxyl groups is 1. The number of nitrogens with one attached hydrogen (secondary N) is 1. The molecule has 0 aliphatic carbocycles. The number of nitrogens with zero attached hydrogens (tertiary/aromatic N) is 1. The van der Waals surface area contributed by atoms with Gasteiger partial charge in [0.25, 0.3) is 5.56 Å². The van der Waals surface area contributed by atoms with Crippen LogP contribution in [-0.4, -0.2) is 28.3 Å². The van der Waals surface area contributed by atoms with Gasteiger partial charge < -0.3 is 14.8 Å². The molecule has 2 N–H and O–H groups in total. The third kappa shape index (κ3) is 2.65. The van der Waals surface area contributed by atoms with Crippen molar-refractivity contribution in [3.63, 3.8) is 0 Å². The topological polar surface area (TPSA) is 75.2 Å². The molecule has 0 saturated carbocycles. The van der Waals surface area contributed by atoms with E-state index in [1.807, 2.05) is 6.92 Å². The van der Waals surface area contributed by atoms with Crippen molar-refractivity contribution >= 4 is 0 Å². The Morgan fingerprint density at radius 1 is 1.71 bits per heavy atom. The molecule has 14 heavy (non-hydrogen) atoms. The fourth-order valence-electron chi connectivity index (χ4n) is 1.01. The second kappa shape index (κ2) is 4.34. The predicted molar refractivity (Wildman–Crippen MR) is 50.9 cm³/mol. The molecule has 0 bridgehead atoms. The van der Waals surface area contributed by atoms with Crippen LogP contribution < -0.4 is 5.56 Å². The highest BCUT2D eigenvalue weighted by Crippen LogP contribution is 2.14. The smallest absolute Gasteiger partial charge is 0.250 e. The summed E-state index contributed by atoms with van der Waals surface area (Å²) in [6.07, 6.45) is 1.36. The van der Waals surface area contributed by atoms with Crippen LogP contribution in [0.5, 0.6) is 0 Å². The van der Waals surface area contributed by atoms with E-state index < -0.39 is 5.60 Å². The van der Waals surface area contributed by atoms with E-state index in [0.717, 1.165) is 0 Å². The summed E-state index contributed by atoms with van der Waals surface area (Å²) in [6.45, 7) is 3.99. The average Bonchev–Trinajstić information content (AvgIpc) is 2.15. The molecule has 0 aliphatic heterocycles. The molecule has 78 valence electrons. The monoisotopic (exact) mass is 198 g/mol. The summed E-state index contributed by atoms with van der Waals surface area (Å²) >= 11 is 0. The van der Waals surface area contributed by atoms with Crippen molar-refractivity contribution in [1.29, 1.82) is 0 Å². The summed E-state index contributed by atoms with van der Waals surface area (Å²) in [7, 11) is 0. The molecule has 1 atom stereocenters. The van der Waals surface area contributed by atoms with Gasteiger partial charge in [0.1, 0.15) is 11.4 Å². The van der Waals surface area contributed by atoms with Gasteiger partial charge >= 0.3 is 0 Å². The molecule has 1 aromatic heterocycles. The number of aromatic amines is 1. The van der Waals surface area contributed by atoms with Crippen LogP contribution >= 0.6 is 0 Å². The van der Waals surface area contributed by atoms with E-state index in [1.165, 1.54) is 12.3 Å². The summed E-state index contributed by atoms with van der Waals surface area (Å²) < 4.78 is 5.08. The minimum atomic E-state index is -1.25. The maximum Gasteiger partial charge on any atom is 0.250 e. The SMILES string of the molecule is CCOCC(C)(O)c1nccc(=O)[nH]1. The number of ether oxygens (including phenoxy) is 1. The van der Waals surface area contributed by atoms with Crippen molar-refractivity contribution in [3.05, 3.63) is 28.4 Å². The Morgan fingerprint density at radius 3 is 3.00 bits per heavy atom. The highest BCUT2D eigenvalue weighted by Gasteiger charge is 2.25. The summed E-state index contributed by atoms with van der Waals surface area (Å²) in [4.78, 5) is 17.3. The molecular weight excluding hydrogens is 184 g/mol. The van der Waals surface area contributed by atoms with Gasteiger partial charge in [-0.3, -0.25) is 4.79 Å². The largest absolute Gasteiger partial charge is 0.380 e. The predicted octanol–water partition coefficient (Wildman–Crippen LogP) is 0.0139. The summed E-state index contributed by atoms with van der Waals surface area (Å²) in [5.41, 5.74) is -1.54. The maximum atomic E-state index is 11.0. The van der Waals surface area contributed by atoms with Crippen molar-refractivity contribution in [2.75, 3.05) is 13.2 Å². The van der Waals surface area contributed by atoms with Gasteiger partial charge in [0.15, 0.2) is 0 Å². The molecule has 0 radical (unpaired) electrons. The lowest BCUT2D eigenvalue weighted by Crippen LogP contribution is -2.32. The molecule has 0 aliphatic rings. The molecule has 0 spiro atoms. The Morgan fingerprint density at radius 2 is 2.43 bits per heavy atom. The first kappa shape index (κ1) is 10.9. The molecule has 0 saturated heterocycles. The molecule has 1 heterocycles. The first-order valence-corrected chi connectivity index (χ1v) is 4.42. The van der Waals surface area contributed by atoms with E-state index >= 15 is 0 Å². The van der Waals surface area contributed by atoms with Crippen LogP contribution in [-0.2, 0) is 10.3 Å². The molecule has 1 unspecified atom stereocenters. The fourth-order valence-corrected chi connectivity index (χ4v) is 1.01. The van der Waals surface area contributed by atoms with Gasteiger partial charge in [0.2, 0.25) is 0 Å². The van der Waals surface area contributed by atoms with Crippen LogP contribution in [0.25, 0.3) is 0 Å². The lowest BCUT2D eigenvalue weighted by molar-refractivity contribution is -0.0404. The second-order valence-corrected chi connectivity index (χ2v) is 3.19. The van der Waals surface area contributed by atoms with Crippen molar-refractivity contribution in [1.82, 2.24) is 9.97 Å². The minimum absolute atomic E-state index is 0.108. The third-order valence-electron chi connectivity index (χ3n) is 1.77. The zero-order chi connectivity index (χ0) is 10.6. The number of H-pyrrole nitrogens is 1. The average molecular weight is 198 g/mol. The second-order valence-electron chi connectivity index (χ2n) is 3.19. The zero-order valence-electron chi connectivity index (χ0n) is 8.28. The summed E-state index contributed by atoms with van der Waals surface area (Å²) in [6, 6.07) is 1.29. The van der Waals surface area contributed by atoms with Gasteiger partial charge in [-0.05, 0) is 13.8 Å². The highest BCUT2D eigenvalue weighted by molar-refractivity contribution is 5.00. The molecule has 1 aromatic rings. The Bertz CT molecular complexity index is 346. The van der Waals surface area contributed by atoms with E-state index in [1.54, 1.807) is 6.92 Å². The Hall–Kier alpha value is -1.20. The molecule has 0 amide bonds. The molecule has 0 aromatic carbocycles. The molecule has 0 fully saturated rings. The number of aromatic nitrogens is 2. The van der Waals surface area contributed by atoms with E-state index in [-0.39, 0.29) is 18.0 Å². The highest BCUT2D eigenvalue weighted by atomic mass is 16.5. The molecule has 1 rings (SSSR count). The molecular formula is C9H14N2O3. The van der Waals surface area contributed by atoms with Gasteiger partial charge in [-0.1, -0.05) is 0 Å². The van der Waals surface area contributed by atoms with Crippen LogP contribution in [0.2, 0.25) is 0 Å². The van der Waals surface area contributed by atoms with Gasteiger partial charge in [0, 0.05) is 18.9 Å². The standard InChI is InChI=1S/C9H14N2O3/c1-3-14-6-9(2,13)8-10-5-4-7(12)11-8/h4-5,13H,3,6H2,1-2H3,(H,10,11,12). The van der Waals surface area contributed by atoms with Crippen molar-refractivity contribution in [3.8, 4) is 0 Å². The van der Waals surface area contributed by atoms with Crippen LogP contribution in [0.3, 0.4) is 0 Å². The Balaban J connectivity index is 2.86.